The van der Waals surface area contributed by atoms with Crippen LogP contribution in [0.1, 0.15) is 30.5 Å². The Bertz CT molecular complexity index is 750. The van der Waals surface area contributed by atoms with Crippen molar-refractivity contribution in [1.29, 1.82) is 0 Å². The van der Waals surface area contributed by atoms with Crippen molar-refractivity contribution < 1.29 is 4.79 Å². The summed E-state index contributed by atoms with van der Waals surface area (Å²) in [5.41, 5.74) is 11.1. The van der Waals surface area contributed by atoms with Crippen LogP contribution in [0.15, 0.2) is 47.5 Å². The third-order valence-electron chi connectivity index (χ3n) is 3.67. The summed E-state index contributed by atoms with van der Waals surface area (Å²) in [6.45, 7) is 8.30. The van der Waals surface area contributed by atoms with Gasteiger partial charge in [0, 0.05) is 17.3 Å². The fraction of sp³-hybridized carbons (Fsp3) is 0.300. The van der Waals surface area contributed by atoms with Crippen molar-refractivity contribution in [3.63, 3.8) is 0 Å². The second-order valence-electron chi connectivity index (χ2n) is 6.54. The normalized spacial score (nSPS) is 11.0. The van der Waals surface area contributed by atoms with Gasteiger partial charge in [-0.1, -0.05) is 32.0 Å². The molecule has 140 valence electrons. The number of anilines is 2. The second-order valence-corrected chi connectivity index (χ2v) is 6.54. The monoisotopic (exact) mass is 466 g/mol. The molecule has 5 nitrogen and oxygen atoms in total. The van der Waals surface area contributed by atoms with Gasteiger partial charge in [0.05, 0.1) is 6.54 Å². The van der Waals surface area contributed by atoms with Crippen LogP contribution in [0.25, 0.3) is 0 Å². The van der Waals surface area contributed by atoms with E-state index < -0.39 is 0 Å². The predicted octanol–water partition coefficient (Wildman–Crippen LogP) is 4.44. The van der Waals surface area contributed by atoms with Gasteiger partial charge in [-0.25, -0.2) is 4.99 Å². The number of carbonyl (C=O) groups is 1. The van der Waals surface area contributed by atoms with E-state index in [0.29, 0.717) is 12.5 Å². The first-order valence-electron chi connectivity index (χ1n) is 8.38. The molecule has 0 aliphatic rings. The van der Waals surface area contributed by atoms with Gasteiger partial charge in [0.25, 0.3) is 0 Å². The van der Waals surface area contributed by atoms with Gasteiger partial charge in [0.1, 0.15) is 0 Å². The van der Waals surface area contributed by atoms with E-state index in [1.165, 1.54) is 11.1 Å². The minimum absolute atomic E-state index is 0. The maximum atomic E-state index is 11.7. The van der Waals surface area contributed by atoms with E-state index >= 15 is 0 Å². The Morgan fingerprint density at radius 1 is 1.00 bits per heavy atom. The van der Waals surface area contributed by atoms with Crippen molar-refractivity contribution in [3.05, 3.63) is 59.2 Å². The van der Waals surface area contributed by atoms with Gasteiger partial charge in [-0.3, -0.25) is 4.79 Å². The molecular weight excluding hydrogens is 439 g/mol. The highest BCUT2D eigenvalue weighted by molar-refractivity contribution is 14.0. The number of halogens is 1. The maximum Gasteiger partial charge on any atom is 0.226 e. The molecule has 26 heavy (non-hydrogen) atoms. The number of aliphatic imine (C=N–C) groups is 1. The Balaban J connectivity index is 0.00000338. The SMILES string of the molecule is Cc1cc(C)cc(NC(N)=NCc2ccc(NC(=O)C(C)C)cc2)c1.I. The lowest BCUT2D eigenvalue weighted by Crippen LogP contribution is -2.22. The molecule has 0 saturated heterocycles. The Kier molecular flexibility index (Phi) is 8.57. The summed E-state index contributed by atoms with van der Waals surface area (Å²) < 4.78 is 0. The van der Waals surface area contributed by atoms with Gasteiger partial charge in [-0.05, 0) is 54.8 Å². The van der Waals surface area contributed by atoms with Crippen LogP contribution in [0.5, 0.6) is 0 Å². The lowest BCUT2D eigenvalue weighted by atomic mass is 10.1. The molecule has 0 saturated carbocycles. The van der Waals surface area contributed by atoms with Gasteiger partial charge in [0.15, 0.2) is 5.96 Å². The minimum atomic E-state index is -0.0413. The fourth-order valence-electron chi connectivity index (χ4n) is 2.39. The molecule has 2 aromatic rings. The Hall–Kier alpha value is -2.09. The fourth-order valence-corrected chi connectivity index (χ4v) is 2.39. The van der Waals surface area contributed by atoms with E-state index in [0.717, 1.165) is 16.9 Å². The van der Waals surface area contributed by atoms with Gasteiger partial charge >= 0.3 is 0 Å². The smallest absolute Gasteiger partial charge is 0.226 e. The second kappa shape index (κ2) is 10.2. The number of rotatable bonds is 5. The molecule has 0 bridgehead atoms. The topological polar surface area (TPSA) is 79.5 Å². The van der Waals surface area contributed by atoms with Crippen LogP contribution in [0.2, 0.25) is 0 Å². The summed E-state index contributed by atoms with van der Waals surface area (Å²) in [7, 11) is 0. The molecule has 2 rings (SSSR count). The van der Waals surface area contributed by atoms with E-state index in [1.54, 1.807) is 0 Å². The molecule has 0 aromatic heterocycles. The summed E-state index contributed by atoms with van der Waals surface area (Å²) >= 11 is 0. The van der Waals surface area contributed by atoms with Crippen LogP contribution >= 0.6 is 24.0 Å². The van der Waals surface area contributed by atoms with Crippen molar-refractivity contribution in [1.82, 2.24) is 0 Å². The number of carbonyl (C=O) groups excluding carboxylic acids is 1. The zero-order valence-corrected chi connectivity index (χ0v) is 18.0. The van der Waals surface area contributed by atoms with E-state index in [1.807, 2.05) is 64.1 Å². The van der Waals surface area contributed by atoms with Crippen molar-refractivity contribution in [3.8, 4) is 0 Å². The van der Waals surface area contributed by atoms with Crippen molar-refractivity contribution in [2.24, 2.45) is 16.6 Å². The minimum Gasteiger partial charge on any atom is -0.370 e. The number of hydrogen-bond donors (Lipinski definition) is 3. The highest BCUT2D eigenvalue weighted by Gasteiger charge is 2.06. The lowest BCUT2D eigenvalue weighted by molar-refractivity contribution is -0.118. The van der Waals surface area contributed by atoms with Crippen LogP contribution in [0.4, 0.5) is 11.4 Å². The maximum absolute atomic E-state index is 11.7. The molecule has 4 N–H and O–H groups in total. The lowest BCUT2D eigenvalue weighted by Gasteiger charge is -2.09. The Morgan fingerprint density at radius 2 is 1.58 bits per heavy atom. The molecule has 0 radical (unpaired) electrons. The van der Waals surface area contributed by atoms with E-state index in [-0.39, 0.29) is 35.8 Å². The quantitative estimate of drug-likeness (QED) is 0.346. The van der Waals surface area contributed by atoms with Crippen LogP contribution in [0.3, 0.4) is 0 Å². The third kappa shape index (κ3) is 7.03. The van der Waals surface area contributed by atoms with E-state index in [9.17, 15) is 4.79 Å². The summed E-state index contributed by atoms with van der Waals surface area (Å²) in [6, 6.07) is 13.8. The first kappa shape index (κ1) is 22.0. The van der Waals surface area contributed by atoms with Crippen LogP contribution < -0.4 is 16.4 Å². The molecule has 0 spiro atoms. The number of guanidine groups is 1. The molecule has 0 fully saturated rings. The molecule has 0 aliphatic heterocycles. The first-order chi connectivity index (χ1) is 11.8. The molecular formula is C20H27IN4O. The summed E-state index contributed by atoms with van der Waals surface area (Å²) in [5, 5.41) is 5.98. The number of nitrogens with one attached hydrogen (secondary N) is 2. The molecule has 0 atom stereocenters. The number of benzene rings is 2. The number of amides is 1. The average molecular weight is 466 g/mol. The van der Waals surface area contributed by atoms with E-state index in [2.05, 4.69) is 21.7 Å². The zero-order valence-electron chi connectivity index (χ0n) is 15.7. The number of nitrogens with zero attached hydrogens (tertiary/aromatic N) is 1. The first-order valence-corrected chi connectivity index (χ1v) is 8.38. The summed E-state index contributed by atoms with van der Waals surface area (Å²) in [4.78, 5) is 16.0. The van der Waals surface area contributed by atoms with Gasteiger partial charge < -0.3 is 16.4 Å². The molecule has 0 aliphatic carbocycles. The average Bonchev–Trinajstić information content (AvgIpc) is 2.53. The highest BCUT2D eigenvalue weighted by Crippen LogP contribution is 2.14. The Morgan fingerprint density at radius 3 is 2.12 bits per heavy atom. The third-order valence-corrected chi connectivity index (χ3v) is 3.67. The van der Waals surface area contributed by atoms with E-state index in [4.69, 9.17) is 5.73 Å². The zero-order chi connectivity index (χ0) is 18.4. The number of hydrogen-bond acceptors (Lipinski definition) is 2. The van der Waals surface area contributed by atoms with Crippen LogP contribution in [0, 0.1) is 19.8 Å². The summed E-state index contributed by atoms with van der Waals surface area (Å²) in [5.74, 6) is 0.343. The van der Waals surface area contributed by atoms with Crippen LogP contribution in [-0.4, -0.2) is 11.9 Å². The van der Waals surface area contributed by atoms with Gasteiger partial charge in [-0.15, -0.1) is 24.0 Å². The van der Waals surface area contributed by atoms with Crippen molar-refractivity contribution >= 4 is 47.2 Å². The predicted molar refractivity (Wildman–Crippen MR) is 120 cm³/mol. The molecule has 2 aromatic carbocycles. The Labute approximate surface area is 172 Å². The standard InChI is InChI=1S/C20H26N4O.HI/c1-13(2)19(25)23-17-7-5-16(6-8-17)12-22-20(21)24-18-10-14(3)9-15(4)11-18;/h5-11,13H,12H2,1-4H3,(H,23,25)(H3,21,22,24);1H. The van der Waals surface area contributed by atoms with Crippen molar-refractivity contribution in [2.75, 3.05) is 10.6 Å². The number of nitrogens with two attached hydrogens (primary N) is 1. The van der Waals surface area contributed by atoms with Gasteiger partial charge in [-0.2, -0.15) is 0 Å². The number of aryl methyl sites for hydroxylation is 2. The highest BCUT2D eigenvalue weighted by atomic mass is 127. The molecule has 6 heteroatoms. The van der Waals surface area contributed by atoms with Crippen LogP contribution in [-0.2, 0) is 11.3 Å². The molecule has 0 heterocycles. The van der Waals surface area contributed by atoms with Crippen molar-refractivity contribution in [2.45, 2.75) is 34.2 Å². The summed E-state index contributed by atoms with van der Waals surface area (Å²) in [6.07, 6.45) is 0. The van der Waals surface area contributed by atoms with Gasteiger partial charge in [0.2, 0.25) is 5.91 Å². The largest absolute Gasteiger partial charge is 0.370 e. The molecule has 1 amide bonds. The molecule has 0 unspecified atom stereocenters.